The highest BCUT2D eigenvalue weighted by atomic mass is 32.2. The van der Waals surface area contributed by atoms with E-state index in [1.807, 2.05) is 67.6 Å². The number of methoxy groups -OCH3 is 2. The SMILES string of the molecule is COc1cc(OC)c(S(=O)(=O)NCc2ccccc2)cc1-c1ccnn1-c1ccccc1C. The number of para-hydroxylation sites is 1. The van der Waals surface area contributed by atoms with E-state index in [-0.39, 0.29) is 17.2 Å². The van der Waals surface area contributed by atoms with Crippen LogP contribution in [0, 0.1) is 6.92 Å². The summed E-state index contributed by atoms with van der Waals surface area (Å²) >= 11 is 0. The number of hydrogen-bond acceptors (Lipinski definition) is 5. The number of aryl methyl sites for hydroxylation is 1. The van der Waals surface area contributed by atoms with E-state index < -0.39 is 10.0 Å². The van der Waals surface area contributed by atoms with Crippen molar-refractivity contribution in [3.05, 3.63) is 90.1 Å². The second-order valence-electron chi connectivity index (χ2n) is 7.43. The molecule has 0 aliphatic heterocycles. The number of aromatic nitrogens is 2. The molecule has 33 heavy (non-hydrogen) atoms. The molecule has 0 bridgehead atoms. The van der Waals surface area contributed by atoms with E-state index in [0.717, 1.165) is 16.8 Å². The van der Waals surface area contributed by atoms with Crippen LogP contribution in [0.4, 0.5) is 0 Å². The number of benzene rings is 3. The van der Waals surface area contributed by atoms with Gasteiger partial charge in [0.05, 0.1) is 31.8 Å². The van der Waals surface area contributed by atoms with E-state index in [4.69, 9.17) is 9.47 Å². The van der Waals surface area contributed by atoms with Crippen molar-refractivity contribution >= 4 is 10.0 Å². The maximum Gasteiger partial charge on any atom is 0.244 e. The van der Waals surface area contributed by atoms with Gasteiger partial charge in [0.15, 0.2) is 0 Å². The summed E-state index contributed by atoms with van der Waals surface area (Å²) in [5, 5.41) is 4.47. The summed E-state index contributed by atoms with van der Waals surface area (Å²) in [4.78, 5) is 0.0225. The Hall–Kier alpha value is -3.62. The Labute approximate surface area is 193 Å². The summed E-state index contributed by atoms with van der Waals surface area (Å²) in [5.41, 5.74) is 4.06. The predicted molar refractivity (Wildman–Crippen MR) is 127 cm³/mol. The molecular formula is C25H25N3O4S. The topological polar surface area (TPSA) is 82.4 Å². The molecule has 7 nitrogen and oxygen atoms in total. The van der Waals surface area contributed by atoms with Crippen molar-refractivity contribution in [2.75, 3.05) is 14.2 Å². The van der Waals surface area contributed by atoms with Crippen molar-refractivity contribution in [1.82, 2.24) is 14.5 Å². The van der Waals surface area contributed by atoms with Gasteiger partial charge >= 0.3 is 0 Å². The van der Waals surface area contributed by atoms with E-state index in [0.29, 0.717) is 17.0 Å². The quantitative estimate of drug-likeness (QED) is 0.420. The molecule has 4 aromatic rings. The summed E-state index contributed by atoms with van der Waals surface area (Å²) in [5.74, 6) is 0.669. The zero-order valence-electron chi connectivity index (χ0n) is 18.6. The van der Waals surface area contributed by atoms with Gasteiger partial charge in [0.1, 0.15) is 16.4 Å². The third-order valence-corrected chi connectivity index (χ3v) is 6.77. The van der Waals surface area contributed by atoms with Gasteiger partial charge in [-0.15, -0.1) is 0 Å². The van der Waals surface area contributed by atoms with Crippen LogP contribution in [0.15, 0.2) is 83.9 Å². The minimum absolute atomic E-state index is 0.0225. The highest BCUT2D eigenvalue weighted by Crippen LogP contribution is 2.39. The molecule has 4 rings (SSSR count). The van der Waals surface area contributed by atoms with Crippen LogP contribution in [0.2, 0.25) is 0 Å². The Morgan fingerprint density at radius 2 is 1.61 bits per heavy atom. The van der Waals surface area contributed by atoms with Gasteiger partial charge in [0.2, 0.25) is 10.0 Å². The molecule has 8 heteroatoms. The van der Waals surface area contributed by atoms with Crippen molar-refractivity contribution in [2.24, 2.45) is 0 Å². The number of nitrogens with zero attached hydrogens (tertiary/aromatic N) is 2. The van der Waals surface area contributed by atoms with Gasteiger partial charge in [-0.3, -0.25) is 0 Å². The first-order chi connectivity index (χ1) is 15.9. The van der Waals surface area contributed by atoms with Crippen LogP contribution >= 0.6 is 0 Å². The minimum Gasteiger partial charge on any atom is -0.496 e. The van der Waals surface area contributed by atoms with Crippen LogP contribution in [0.3, 0.4) is 0 Å². The fourth-order valence-electron chi connectivity index (χ4n) is 3.63. The van der Waals surface area contributed by atoms with Crippen molar-refractivity contribution in [2.45, 2.75) is 18.4 Å². The van der Waals surface area contributed by atoms with E-state index in [1.165, 1.54) is 14.2 Å². The first kappa shape index (κ1) is 22.6. The lowest BCUT2D eigenvalue weighted by Gasteiger charge is -2.17. The summed E-state index contributed by atoms with van der Waals surface area (Å²) in [6, 6.07) is 22.2. The van der Waals surface area contributed by atoms with Gasteiger partial charge in [-0.25, -0.2) is 17.8 Å². The van der Waals surface area contributed by atoms with Gasteiger partial charge < -0.3 is 9.47 Å². The monoisotopic (exact) mass is 463 g/mol. The van der Waals surface area contributed by atoms with E-state index in [1.54, 1.807) is 23.0 Å². The molecular weight excluding hydrogens is 438 g/mol. The largest absolute Gasteiger partial charge is 0.496 e. The molecule has 0 aliphatic rings. The Kier molecular flexibility index (Phi) is 6.48. The summed E-state index contributed by atoms with van der Waals surface area (Å²) in [7, 11) is -0.917. The van der Waals surface area contributed by atoms with Crippen molar-refractivity contribution in [1.29, 1.82) is 0 Å². The van der Waals surface area contributed by atoms with Crippen molar-refractivity contribution in [3.8, 4) is 28.4 Å². The maximum absolute atomic E-state index is 13.3. The Morgan fingerprint density at radius 3 is 2.30 bits per heavy atom. The Morgan fingerprint density at radius 1 is 0.909 bits per heavy atom. The van der Waals surface area contributed by atoms with E-state index in [9.17, 15) is 8.42 Å². The minimum atomic E-state index is -3.89. The third kappa shape index (κ3) is 4.62. The number of rotatable bonds is 8. The summed E-state index contributed by atoms with van der Waals surface area (Å²) in [6.07, 6.45) is 1.67. The fourth-order valence-corrected chi connectivity index (χ4v) is 4.82. The first-order valence-electron chi connectivity index (χ1n) is 10.3. The van der Waals surface area contributed by atoms with Crippen LogP contribution in [0.25, 0.3) is 16.9 Å². The molecule has 0 unspecified atom stereocenters. The molecule has 1 N–H and O–H groups in total. The Balaban J connectivity index is 1.81. The molecule has 0 fully saturated rings. The summed E-state index contributed by atoms with van der Waals surface area (Å²) < 4.78 is 42.0. The maximum atomic E-state index is 13.3. The Bertz CT molecular complexity index is 1370. The fraction of sp³-hybridized carbons (Fsp3) is 0.160. The standard InChI is InChI=1S/C25H25N3O4S/c1-18-9-7-8-12-21(18)28-22(13-14-26-28)20-15-25(24(32-3)16-23(20)31-2)33(29,30)27-17-19-10-5-4-6-11-19/h4-16,27H,17H2,1-3H3. The van der Waals surface area contributed by atoms with Gasteiger partial charge in [-0.1, -0.05) is 48.5 Å². The normalized spacial score (nSPS) is 11.4. The first-order valence-corrected chi connectivity index (χ1v) is 11.8. The number of nitrogens with one attached hydrogen (secondary N) is 1. The zero-order chi connectivity index (χ0) is 23.4. The van der Waals surface area contributed by atoms with Crippen molar-refractivity contribution < 1.29 is 17.9 Å². The van der Waals surface area contributed by atoms with Crippen LogP contribution in [-0.2, 0) is 16.6 Å². The van der Waals surface area contributed by atoms with Gasteiger partial charge in [0.25, 0.3) is 0 Å². The smallest absolute Gasteiger partial charge is 0.244 e. The molecule has 0 radical (unpaired) electrons. The van der Waals surface area contributed by atoms with E-state index >= 15 is 0 Å². The molecule has 1 heterocycles. The second-order valence-corrected chi connectivity index (χ2v) is 9.16. The molecule has 0 saturated heterocycles. The lowest BCUT2D eigenvalue weighted by atomic mass is 10.1. The molecule has 3 aromatic carbocycles. The zero-order valence-corrected chi connectivity index (χ0v) is 19.5. The molecule has 0 saturated carbocycles. The number of ether oxygens (including phenoxy) is 2. The lowest BCUT2D eigenvalue weighted by Crippen LogP contribution is -2.24. The molecule has 0 atom stereocenters. The molecule has 1 aromatic heterocycles. The summed E-state index contributed by atoms with van der Waals surface area (Å²) in [6.45, 7) is 2.16. The van der Waals surface area contributed by atoms with Gasteiger partial charge in [-0.2, -0.15) is 5.10 Å². The van der Waals surface area contributed by atoms with Crippen LogP contribution in [0.5, 0.6) is 11.5 Å². The second kappa shape index (κ2) is 9.48. The molecule has 0 aliphatic carbocycles. The van der Waals surface area contributed by atoms with Crippen LogP contribution in [0.1, 0.15) is 11.1 Å². The van der Waals surface area contributed by atoms with Crippen LogP contribution < -0.4 is 14.2 Å². The molecule has 170 valence electrons. The van der Waals surface area contributed by atoms with E-state index in [2.05, 4.69) is 9.82 Å². The molecule has 0 amide bonds. The van der Waals surface area contributed by atoms with Gasteiger partial charge in [-0.05, 0) is 36.2 Å². The highest BCUT2D eigenvalue weighted by molar-refractivity contribution is 7.89. The number of sulfonamides is 1. The van der Waals surface area contributed by atoms with Crippen LogP contribution in [-0.4, -0.2) is 32.4 Å². The lowest BCUT2D eigenvalue weighted by molar-refractivity contribution is 0.386. The average molecular weight is 464 g/mol. The number of hydrogen-bond donors (Lipinski definition) is 1. The average Bonchev–Trinajstić information content (AvgIpc) is 3.32. The highest BCUT2D eigenvalue weighted by Gasteiger charge is 2.24. The predicted octanol–water partition coefficient (Wildman–Crippen LogP) is 4.34. The van der Waals surface area contributed by atoms with Crippen molar-refractivity contribution in [3.63, 3.8) is 0 Å². The van der Waals surface area contributed by atoms with Gasteiger partial charge in [0, 0.05) is 18.2 Å². The molecule has 0 spiro atoms. The third-order valence-electron chi connectivity index (χ3n) is 5.35.